The summed E-state index contributed by atoms with van der Waals surface area (Å²) in [5.41, 5.74) is 0.581. The average Bonchev–Trinajstić information content (AvgIpc) is 2.39. The minimum absolute atomic E-state index is 0.0309. The van der Waals surface area contributed by atoms with Crippen molar-refractivity contribution in [3.8, 4) is 0 Å². The van der Waals surface area contributed by atoms with Crippen molar-refractivity contribution in [2.24, 2.45) is 0 Å². The first-order valence-electron chi connectivity index (χ1n) is 6.20. The van der Waals surface area contributed by atoms with Crippen LogP contribution >= 0.6 is 23.2 Å². The van der Waals surface area contributed by atoms with Crippen molar-refractivity contribution >= 4 is 29.0 Å². The molecule has 0 heterocycles. The van der Waals surface area contributed by atoms with Crippen LogP contribution in [0.3, 0.4) is 0 Å². The smallest absolute Gasteiger partial charge is 0.176 e. The summed E-state index contributed by atoms with van der Waals surface area (Å²) in [4.78, 5) is 14.3. The van der Waals surface area contributed by atoms with Gasteiger partial charge in [0.2, 0.25) is 0 Å². The first-order chi connectivity index (χ1) is 8.99. The van der Waals surface area contributed by atoms with Gasteiger partial charge in [-0.15, -0.1) is 0 Å². The molecule has 0 aliphatic heterocycles. The fourth-order valence-electron chi connectivity index (χ4n) is 1.87. The van der Waals surface area contributed by atoms with E-state index in [9.17, 15) is 4.79 Å². The standard InChI is InChI=1S/C14H19Cl2NO2/c1-4-17(10(2)9-19-3)8-14(18)11-5-6-12(15)13(16)7-11/h5-7,10H,4,8-9H2,1-3H3. The van der Waals surface area contributed by atoms with Crippen LogP contribution in [0.1, 0.15) is 24.2 Å². The maximum absolute atomic E-state index is 12.2. The van der Waals surface area contributed by atoms with E-state index in [0.29, 0.717) is 28.8 Å². The number of rotatable bonds is 7. The SMILES string of the molecule is CCN(CC(=O)c1ccc(Cl)c(Cl)c1)C(C)COC. The summed E-state index contributed by atoms with van der Waals surface area (Å²) in [5.74, 6) is 0.0309. The molecule has 19 heavy (non-hydrogen) atoms. The lowest BCUT2D eigenvalue weighted by molar-refractivity contribution is 0.0788. The molecule has 106 valence electrons. The molecule has 0 amide bonds. The van der Waals surface area contributed by atoms with Gasteiger partial charge >= 0.3 is 0 Å². The van der Waals surface area contributed by atoms with E-state index in [2.05, 4.69) is 4.90 Å². The molecule has 0 spiro atoms. The maximum Gasteiger partial charge on any atom is 0.176 e. The van der Waals surface area contributed by atoms with Crippen LogP contribution in [0.4, 0.5) is 0 Å². The van der Waals surface area contributed by atoms with Crippen LogP contribution in [-0.2, 0) is 4.74 Å². The van der Waals surface area contributed by atoms with Crippen molar-refractivity contribution in [3.63, 3.8) is 0 Å². The number of hydrogen-bond donors (Lipinski definition) is 0. The number of halogens is 2. The molecule has 0 radical (unpaired) electrons. The van der Waals surface area contributed by atoms with Crippen molar-refractivity contribution < 1.29 is 9.53 Å². The molecule has 3 nitrogen and oxygen atoms in total. The van der Waals surface area contributed by atoms with Crippen LogP contribution in [0, 0.1) is 0 Å². The molecule has 0 N–H and O–H groups in total. The Bertz CT molecular complexity index is 437. The molecule has 1 rings (SSSR count). The molecular formula is C14H19Cl2NO2. The number of carbonyl (C=O) groups excluding carboxylic acids is 1. The predicted molar refractivity (Wildman–Crippen MR) is 79.4 cm³/mol. The minimum Gasteiger partial charge on any atom is -0.383 e. The number of ketones is 1. The van der Waals surface area contributed by atoms with Crippen molar-refractivity contribution in [1.82, 2.24) is 4.90 Å². The molecule has 5 heteroatoms. The molecule has 0 aliphatic carbocycles. The quantitative estimate of drug-likeness (QED) is 0.722. The lowest BCUT2D eigenvalue weighted by Crippen LogP contribution is -2.39. The summed E-state index contributed by atoms with van der Waals surface area (Å²) < 4.78 is 5.12. The third-order valence-corrected chi connectivity index (χ3v) is 3.76. The van der Waals surface area contributed by atoms with Gasteiger partial charge in [-0.05, 0) is 31.7 Å². The Hall–Kier alpha value is -0.610. The van der Waals surface area contributed by atoms with Gasteiger partial charge in [0.1, 0.15) is 0 Å². The fourth-order valence-corrected chi connectivity index (χ4v) is 2.17. The Labute approximate surface area is 124 Å². The molecule has 0 aromatic heterocycles. The number of nitrogens with zero attached hydrogens (tertiary/aromatic N) is 1. The Kier molecular flexibility index (Phi) is 6.80. The van der Waals surface area contributed by atoms with E-state index in [0.717, 1.165) is 6.54 Å². The lowest BCUT2D eigenvalue weighted by atomic mass is 10.1. The van der Waals surface area contributed by atoms with Gasteiger partial charge in [0, 0.05) is 18.7 Å². The van der Waals surface area contributed by atoms with Crippen LogP contribution < -0.4 is 0 Å². The second-order valence-corrected chi connectivity index (χ2v) is 5.23. The number of hydrogen-bond acceptors (Lipinski definition) is 3. The lowest BCUT2D eigenvalue weighted by Gasteiger charge is -2.26. The van der Waals surface area contributed by atoms with Gasteiger partial charge in [-0.3, -0.25) is 9.69 Å². The average molecular weight is 304 g/mol. The van der Waals surface area contributed by atoms with Gasteiger partial charge in [-0.25, -0.2) is 0 Å². The van der Waals surface area contributed by atoms with E-state index < -0.39 is 0 Å². The molecule has 0 saturated carbocycles. The molecule has 1 aromatic carbocycles. The fraction of sp³-hybridized carbons (Fsp3) is 0.500. The van der Waals surface area contributed by atoms with Crippen molar-refractivity contribution in [1.29, 1.82) is 0 Å². The first-order valence-corrected chi connectivity index (χ1v) is 6.96. The van der Waals surface area contributed by atoms with E-state index in [4.69, 9.17) is 27.9 Å². The van der Waals surface area contributed by atoms with Gasteiger partial charge in [-0.2, -0.15) is 0 Å². The summed E-state index contributed by atoms with van der Waals surface area (Å²) in [6.45, 7) is 5.79. The molecule has 0 saturated heterocycles. The highest BCUT2D eigenvalue weighted by Gasteiger charge is 2.17. The first kappa shape index (κ1) is 16.4. The molecule has 0 bridgehead atoms. The zero-order valence-electron chi connectivity index (χ0n) is 11.5. The summed E-state index contributed by atoms with van der Waals surface area (Å²) in [7, 11) is 1.66. The largest absolute Gasteiger partial charge is 0.383 e. The number of benzene rings is 1. The Balaban J connectivity index is 2.74. The van der Waals surface area contributed by atoms with Crippen LogP contribution in [0.2, 0.25) is 10.0 Å². The van der Waals surface area contributed by atoms with Gasteiger partial charge in [-0.1, -0.05) is 30.1 Å². The van der Waals surface area contributed by atoms with Gasteiger partial charge in [0.15, 0.2) is 5.78 Å². The van der Waals surface area contributed by atoms with E-state index >= 15 is 0 Å². The Morgan fingerprint density at radius 1 is 1.37 bits per heavy atom. The molecule has 0 aliphatic rings. The zero-order chi connectivity index (χ0) is 14.4. The van der Waals surface area contributed by atoms with Gasteiger partial charge in [0.05, 0.1) is 23.2 Å². The van der Waals surface area contributed by atoms with Crippen LogP contribution in [-0.4, -0.2) is 43.5 Å². The minimum atomic E-state index is 0.0309. The van der Waals surface area contributed by atoms with Crippen molar-refractivity contribution in [2.75, 3.05) is 26.8 Å². The Morgan fingerprint density at radius 2 is 2.05 bits per heavy atom. The summed E-state index contributed by atoms with van der Waals surface area (Å²) >= 11 is 11.8. The predicted octanol–water partition coefficient (Wildman–Crippen LogP) is 3.53. The summed E-state index contributed by atoms with van der Waals surface area (Å²) in [5, 5.41) is 0.860. The van der Waals surface area contributed by atoms with Crippen LogP contribution in [0.25, 0.3) is 0 Å². The second kappa shape index (κ2) is 7.85. The number of likely N-dealkylation sites (N-methyl/N-ethyl adjacent to an activating group) is 1. The highest BCUT2D eigenvalue weighted by Crippen LogP contribution is 2.23. The van der Waals surface area contributed by atoms with Crippen molar-refractivity contribution in [2.45, 2.75) is 19.9 Å². The summed E-state index contributed by atoms with van der Waals surface area (Å²) in [6, 6.07) is 5.15. The molecule has 1 aromatic rings. The topological polar surface area (TPSA) is 29.5 Å². The number of ether oxygens (including phenoxy) is 1. The van der Waals surface area contributed by atoms with E-state index in [1.54, 1.807) is 25.3 Å². The summed E-state index contributed by atoms with van der Waals surface area (Å²) in [6.07, 6.45) is 0. The van der Waals surface area contributed by atoms with Gasteiger partial charge < -0.3 is 4.74 Å². The molecule has 1 atom stereocenters. The molecule has 0 fully saturated rings. The molecular weight excluding hydrogens is 285 g/mol. The highest BCUT2D eigenvalue weighted by atomic mass is 35.5. The number of carbonyl (C=O) groups is 1. The zero-order valence-corrected chi connectivity index (χ0v) is 13.0. The normalized spacial score (nSPS) is 12.7. The van der Waals surface area contributed by atoms with E-state index in [1.807, 2.05) is 13.8 Å². The third kappa shape index (κ3) is 4.77. The maximum atomic E-state index is 12.2. The van der Waals surface area contributed by atoms with Crippen LogP contribution in [0.15, 0.2) is 18.2 Å². The van der Waals surface area contributed by atoms with Crippen LogP contribution in [0.5, 0.6) is 0 Å². The van der Waals surface area contributed by atoms with Gasteiger partial charge in [0.25, 0.3) is 0 Å². The Morgan fingerprint density at radius 3 is 2.58 bits per heavy atom. The number of Topliss-reactive ketones (excluding diaryl/α,β-unsaturated/α-hetero) is 1. The van der Waals surface area contributed by atoms with E-state index in [1.165, 1.54) is 0 Å². The highest BCUT2D eigenvalue weighted by molar-refractivity contribution is 6.42. The second-order valence-electron chi connectivity index (χ2n) is 4.42. The monoisotopic (exact) mass is 303 g/mol. The third-order valence-electron chi connectivity index (χ3n) is 3.03. The van der Waals surface area contributed by atoms with Crippen molar-refractivity contribution in [3.05, 3.63) is 33.8 Å². The van der Waals surface area contributed by atoms with E-state index in [-0.39, 0.29) is 11.8 Å². The number of methoxy groups -OCH3 is 1. The molecule has 1 unspecified atom stereocenters.